The van der Waals surface area contributed by atoms with Crippen LogP contribution in [0.4, 0.5) is 0 Å². The molecule has 2 heterocycles. The number of piperidine rings is 1. The molecule has 8 heteroatoms. The fraction of sp³-hybridized carbons (Fsp3) is 0.556. The summed E-state index contributed by atoms with van der Waals surface area (Å²) in [6, 6.07) is 6.32. The number of allylic oxidation sites excluding steroid dienone is 4. The molecule has 2 aliphatic heterocycles. The third kappa shape index (κ3) is 7.13. The number of piperazine rings is 1. The summed E-state index contributed by atoms with van der Waals surface area (Å²) < 4.78 is 25.7. The minimum absolute atomic E-state index is 0.308. The largest absolute Gasteiger partial charge is 0.405 e. The lowest BCUT2D eigenvalue weighted by molar-refractivity contribution is 0.242. The monoisotopic (exact) mass is 520 g/mol. The average molecular weight is 521 g/mol. The Kier molecular flexibility index (Phi) is 10.3. The predicted molar refractivity (Wildman–Crippen MR) is 148 cm³/mol. The van der Waals surface area contributed by atoms with Gasteiger partial charge in [-0.2, -0.15) is 0 Å². The van der Waals surface area contributed by atoms with Crippen molar-refractivity contribution >= 4 is 27.3 Å². The first-order valence-corrected chi connectivity index (χ1v) is 15.1. The molecule has 0 bridgehead atoms. The lowest BCUT2D eigenvalue weighted by atomic mass is 9.73. The molecule has 3 N–H and O–H groups in total. The Hall–Kier alpha value is -1.80. The van der Waals surface area contributed by atoms with Crippen LogP contribution >= 0.6 is 11.6 Å². The van der Waals surface area contributed by atoms with Crippen molar-refractivity contribution in [3.63, 3.8) is 0 Å². The second kappa shape index (κ2) is 12.9. The van der Waals surface area contributed by atoms with Gasteiger partial charge in [0.25, 0.3) is 0 Å². The quantitative estimate of drug-likeness (QED) is 0.608. The van der Waals surface area contributed by atoms with E-state index in [1.807, 2.05) is 26.0 Å². The van der Waals surface area contributed by atoms with Gasteiger partial charge in [0.15, 0.2) is 0 Å². The SMILES string of the molecule is CC.CS(=O)(=O)N1CCC(C2C/C(=C\C=C/N)C/C=C(/N3CCNCC3)c3cc(Cl)ccc32)CC1. The van der Waals surface area contributed by atoms with Gasteiger partial charge in [-0.25, -0.2) is 12.7 Å². The van der Waals surface area contributed by atoms with E-state index in [0.717, 1.165) is 56.9 Å². The highest BCUT2D eigenvalue weighted by Crippen LogP contribution is 2.44. The molecule has 2 fully saturated rings. The van der Waals surface area contributed by atoms with Crippen molar-refractivity contribution in [3.8, 4) is 0 Å². The number of nitrogens with zero attached hydrogens (tertiary/aromatic N) is 2. The first kappa shape index (κ1) is 27.8. The molecule has 1 unspecified atom stereocenters. The van der Waals surface area contributed by atoms with E-state index in [1.165, 1.54) is 28.7 Å². The third-order valence-corrected chi connectivity index (χ3v) is 8.71. The van der Waals surface area contributed by atoms with Crippen molar-refractivity contribution in [1.82, 2.24) is 14.5 Å². The minimum atomic E-state index is -3.15. The third-order valence-electron chi connectivity index (χ3n) is 7.17. The molecule has 1 aliphatic carbocycles. The van der Waals surface area contributed by atoms with Crippen molar-refractivity contribution in [1.29, 1.82) is 0 Å². The van der Waals surface area contributed by atoms with Crippen molar-refractivity contribution in [2.45, 2.75) is 45.4 Å². The van der Waals surface area contributed by atoms with E-state index in [1.54, 1.807) is 10.5 Å². The van der Waals surface area contributed by atoms with Crippen LogP contribution in [0.15, 0.2) is 48.2 Å². The average Bonchev–Trinajstić information content (AvgIpc) is 2.86. The number of rotatable bonds is 4. The number of benzene rings is 1. The summed E-state index contributed by atoms with van der Waals surface area (Å²) in [5.41, 5.74) is 10.8. The Morgan fingerprint density at radius 2 is 1.80 bits per heavy atom. The first-order valence-electron chi connectivity index (χ1n) is 12.8. The Balaban J connectivity index is 0.00000167. The van der Waals surface area contributed by atoms with Crippen molar-refractivity contribution in [2.75, 3.05) is 45.5 Å². The van der Waals surface area contributed by atoms with E-state index in [9.17, 15) is 8.42 Å². The lowest BCUT2D eigenvalue weighted by Crippen LogP contribution is -2.42. The second-order valence-corrected chi connectivity index (χ2v) is 11.7. The molecule has 35 heavy (non-hydrogen) atoms. The Morgan fingerprint density at radius 1 is 1.11 bits per heavy atom. The molecule has 0 radical (unpaired) electrons. The second-order valence-electron chi connectivity index (χ2n) is 9.28. The van der Waals surface area contributed by atoms with Crippen LogP contribution < -0.4 is 11.1 Å². The molecule has 6 nitrogen and oxygen atoms in total. The molecule has 0 aromatic heterocycles. The summed E-state index contributed by atoms with van der Waals surface area (Å²) in [6.07, 6.45) is 12.8. The number of sulfonamides is 1. The zero-order chi connectivity index (χ0) is 25.4. The van der Waals surface area contributed by atoms with E-state index in [-0.39, 0.29) is 0 Å². The van der Waals surface area contributed by atoms with Gasteiger partial charge in [0.05, 0.1) is 6.26 Å². The zero-order valence-electron chi connectivity index (χ0n) is 21.3. The van der Waals surface area contributed by atoms with Gasteiger partial charge in [0.2, 0.25) is 10.0 Å². The molecule has 1 aromatic rings. The number of nitrogens with one attached hydrogen (secondary N) is 1. The summed E-state index contributed by atoms with van der Waals surface area (Å²) in [7, 11) is -3.15. The summed E-state index contributed by atoms with van der Waals surface area (Å²) in [6.45, 7) is 9.06. The van der Waals surface area contributed by atoms with E-state index >= 15 is 0 Å². The topological polar surface area (TPSA) is 78.7 Å². The fourth-order valence-electron chi connectivity index (χ4n) is 5.45. The molecule has 3 aliphatic rings. The van der Waals surface area contributed by atoms with Gasteiger partial charge in [-0.1, -0.05) is 49.2 Å². The van der Waals surface area contributed by atoms with Crippen LogP contribution in [0.5, 0.6) is 0 Å². The fourth-order valence-corrected chi connectivity index (χ4v) is 6.50. The number of fused-ring (bicyclic) bond motifs is 1. The Labute approximate surface area is 216 Å². The number of nitrogens with two attached hydrogens (primary N) is 1. The Morgan fingerprint density at radius 3 is 2.43 bits per heavy atom. The van der Waals surface area contributed by atoms with Crippen molar-refractivity contribution < 1.29 is 8.42 Å². The van der Waals surface area contributed by atoms with Crippen LogP contribution in [0.2, 0.25) is 5.02 Å². The molecular weight excluding hydrogens is 480 g/mol. The summed E-state index contributed by atoms with van der Waals surface area (Å²) in [5.74, 6) is 0.721. The summed E-state index contributed by atoms with van der Waals surface area (Å²) in [4.78, 5) is 2.47. The van der Waals surface area contributed by atoms with Gasteiger partial charge < -0.3 is 16.0 Å². The van der Waals surface area contributed by atoms with E-state index in [2.05, 4.69) is 34.5 Å². The van der Waals surface area contributed by atoms with E-state index in [4.69, 9.17) is 17.3 Å². The highest BCUT2D eigenvalue weighted by atomic mass is 35.5. The van der Waals surface area contributed by atoms with Crippen LogP contribution in [-0.2, 0) is 10.0 Å². The van der Waals surface area contributed by atoms with Crippen molar-refractivity contribution in [2.24, 2.45) is 11.7 Å². The lowest BCUT2D eigenvalue weighted by Gasteiger charge is -2.39. The molecule has 0 spiro atoms. The molecule has 1 atom stereocenters. The Bertz CT molecular complexity index is 1040. The predicted octanol–water partition coefficient (Wildman–Crippen LogP) is 4.56. The number of hydrogen-bond donors (Lipinski definition) is 2. The van der Waals surface area contributed by atoms with Crippen LogP contribution in [0.25, 0.3) is 5.70 Å². The van der Waals surface area contributed by atoms with E-state index in [0.29, 0.717) is 24.9 Å². The maximum atomic E-state index is 12.1. The van der Waals surface area contributed by atoms with Gasteiger partial charge in [0.1, 0.15) is 0 Å². The maximum Gasteiger partial charge on any atom is 0.211 e. The molecule has 1 aromatic carbocycles. The molecule has 2 saturated heterocycles. The van der Waals surface area contributed by atoms with Gasteiger partial charge in [-0.3, -0.25) is 0 Å². The maximum absolute atomic E-state index is 12.1. The normalized spacial score (nSPS) is 25.3. The van der Waals surface area contributed by atoms with Gasteiger partial charge in [0, 0.05) is 55.6 Å². The molecule has 4 rings (SSSR count). The minimum Gasteiger partial charge on any atom is -0.405 e. The molecule has 0 amide bonds. The number of hydrogen-bond acceptors (Lipinski definition) is 5. The van der Waals surface area contributed by atoms with Crippen LogP contribution in [-0.4, -0.2) is 63.1 Å². The smallest absolute Gasteiger partial charge is 0.211 e. The molecule has 194 valence electrons. The van der Waals surface area contributed by atoms with Crippen LogP contribution in [0.1, 0.15) is 56.6 Å². The highest BCUT2D eigenvalue weighted by Gasteiger charge is 2.34. The van der Waals surface area contributed by atoms with Gasteiger partial charge in [-0.05, 0) is 67.5 Å². The molecular formula is C27H41ClN4O2S. The van der Waals surface area contributed by atoms with Crippen LogP contribution in [0, 0.1) is 5.92 Å². The van der Waals surface area contributed by atoms with Crippen LogP contribution in [0.3, 0.4) is 0 Å². The van der Waals surface area contributed by atoms with Crippen molar-refractivity contribution in [3.05, 3.63) is 64.3 Å². The molecule has 0 saturated carbocycles. The van der Waals surface area contributed by atoms with Gasteiger partial charge >= 0.3 is 0 Å². The van der Waals surface area contributed by atoms with E-state index < -0.39 is 10.0 Å². The highest BCUT2D eigenvalue weighted by molar-refractivity contribution is 7.88. The first-order chi connectivity index (χ1) is 16.9. The number of halogens is 1. The zero-order valence-corrected chi connectivity index (χ0v) is 22.9. The standard InChI is InChI=1S/C25H35ClN4O2S.C2H6/c1-33(31,32)30-13-8-20(9-14-30)23-17-19(3-2-10-27)4-7-25(29-15-11-28-12-16-29)24-18-21(26)5-6-22(23)24;1-2/h2-3,5-7,10,18,20,23,28H,4,8-9,11-17,27H2,1H3;1-2H3/b10-2-,19-3-,25-7+;. The van der Waals surface area contributed by atoms with Gasteiger partial charge in [-0.15, -0.1) is 0 Å². The summed E-state index contributed by atoms with van der Waals surface area (Å²) in [5, 5.41) is 4.20. The summed E-state index contributed by atoms with van der Waals surface area (Å²) >= 11 is 6.51.